The quantitative estimate of drug-likeness (QED) is 0.179. The van der Waals surface area contributed by atoms with Gasteiger partial charge in [0.1, 0.15) is 28.6 Å². The number of benzene rings is 5. The van der Waals surface area contributed by atoms with Crippen molar-refractivity contribution in [3.05, 3.63) is 127 Å². The molecule has 0 atom stereocenters. The molecule has 256 valence electrons. The maximum Gasteiger partial charge on any atom is 0.222 e. The second-order valence-electron chi connectivity index (χ2n) is 15.1. The Labute approximate surface area is 306 Å². The number of ether oxygens (including phenoxy) is 1. The Kier molecular flexibility index (Phi) is 6.77. The lowest BCUT2D eigenvalue weighted by molar-refractivity contribution is 0.483. The molecule has 0 amide bonds. The van der Waals surface area contributed by atoms with Crippen LogP contribution in [0.4, 0.5) is 17.3 Å². The van der Waals surface area contributed by atoms with Crippen molar-refractivity contribution in [3.63, 3.8) is 0 Å². The SMILES string of the molecule is CC(C)N1CN(c2cccc(Oc3ccc4c5ccc6sc7ccccc7c6c5n(-c5cc(C(C)(C)C)ccn5)c4c3)c2)c2c1oc1ccccc21. The molecule has 1 aliphatic heterocycles. The summed E-state index contributed by atoms with van der Waals surface area (Å²) in [5, 5.41) is 6.02. The second-order valence-corrected chi connectivity index (χ2v) is 16.2. The molecule has 0 spiro atoms. The summed E-state index contributed by atoms with van der Waals surface area (Å²) in [5.74, 6) is 3.36. The van der Waals surface area contributed by atoms with E-state index in [1.54, 1.807) is 0 Å². The average Bonchev–Trinajstić information content (AvgIpc) is 3.89. The van der Waals surface area contributed by atoms with E-state index in [0.29, 0.717) is 6.67 Å². The van der Waals surface area contributed by atoms with Gasteiger partial charge in [0.05, 0.1) is 17.7 Å². The van der Waals surface area contributed by atoms with E-state index in [-0.39, 0.29) is 11.5 Å². The van der Waals surface area contributed by atoms with Crippen LogP contribution in [-0.4, -0.2) is 22.3 Å². The highest BCUT2D eigenvalue weighted by atomic mass is 32.1. The van der Waals surface area contributed by atoms with Gasteiger partial charge in [-0.05, 0) is 85.5 Å². The number of anilines is 3. The van der Waals surface area contributed by atoms with E-state index in [4.69, 9.17) is 14.1 Å². The highest BCUT2D eigenvalue weighted by molar-refractivity contribution is 7.26. The van der Waals surface area contributed by atoms with Crippen molar-refractivity contribution in [2.75, 3.05) is 16.5 Å². The first-order valence-corrected chi connectivity index (χ1v) is 18.7. The van der Waals surface area contributed by atoms with Gasteiger partial charge in [-0.1, -0.05) is 63.2 Å². The number of rotatable bonds is 5. The van der Waals surface area contributed by atoms with Gasteiger partial charge in [-0.15, -0.1) is 11.3 Å². The Morgan fingerprint density at radius 2 is 1.54 bits per heavy atom. The molecule has 0 bridgehead atoms. The highest BCUT2D eigenvalue weighted by Gasteiger charge is 2.34. The first-order valence-electron chi connectivity index (χ1n) is 17.9. The molecule has 7 heteroatoms. The summed E-state index contributed by atoms with van der Waals surface area (Å²) in [5.41, 5.74) is 6.51. The zero-order chi connectivity index (χ0) is 35.3. The van der Waals surface area contributed by atoms with Gasteiger partial charge >= 0.3 is 0 Å². The molecule has 52 heavy (non-hydrogen) atoms. The maximum absolute atomic E-state index is 6.73. The van der Waals surface area contributed by atoms with Crippen LogP contribution in [0.2, 0.25) is 0 Å². The van der Waals surface area contributed by atoms with Gasteiger partial charge in [0.15, 0.2) is 0 Å². The van der Waals surface area contributed by atoms with Crippen molar-refractivity contribution < 1.29 is 9.15 Å². The third-order valence-corrected chi connectivity index (χ3v) is 11.6. The molecule has 0 saturated heterocycles. The molecule has 10 rings (SSSR count). The molecule has 5 heterocycles. The van der Waals surface area contributed by atoms with Crippen molar-refractivity contribution in [1.29, 1.82) is 0 Å². The van der Waals surface area contributed by atoms with Crippen LogP contribution in [0, 0.1) is 0 Å². The summed E-state index contributed by atoms with van der Waals surface area (Å²) in [7, 11) is 0. The third-order valence-electron chi connectivity index (χ3n) is 10.4. The van der Waals surface area contributed by atoms with Gasteiger partial charge in [-0.2, -0.15) is 0 Å². The van der Waals surface area contributed by atoms with E-state index in [1.165, 1.54) is 42.0 Å². The predicted molar refractivity (Wildman–Crippen MR) is 218 cm³/mol. The number of thiophene rings is 1. The molecule has 5 aromatic carbocycles. The Morgan fingerprint density at radius 1 is 0.750 bits per heavy atom. The first kappa shape index (κ1) is 31.0. The van der Waals surface area contributed by atoms with Crippen molar-refractivity contribution in [2.45, 2.75) is 46.1 Å². The largest absolute Gasteiger partial charge is 0.457 e. The van der Waals surface area contributed by atoms with Gasteiger partial charge < -0.3 is 19.0 Å². The smallest absolute Gasteiger partial charge is 0.222 e. The number of pyridine rings is 1. The van der Waals surface area contributed by atoms with Gasteiger partial charge in [0.25, 0.3) is 0 Å². The van der Waals surface area contributed by atoms with Crippen LogP contribution in [-0.2, 0) is 5.41 Å². The van der Waals surface area contributed by atoms with Crippen LogP contribution in [0.15, 0.2) is 126 Å². The Morgan fingerprint density at radius 3 is 2.38 bits per heavy atom. The fraction of sp³-hybridized carbons (Fsp3) is 0.178. The van der Waals surface area contributed by atoms with Crippen LogP contribution in [0.5, 0.6) is 11.5 Å². The molecule has 0 unspecified atom stereocenters. The Bertz CT molecular complexity index is 2850. The molecule has 0 fully saturated rings. The minimum Gasteiger partial charge on any atom is -0.457 e. The van der Waals surface area contributed by atoms with Crippen molar-refractivity contribution >= 4 is 81.5 Å². The monoisotopic (exact) mass is 698 g/mol. The zero-order valence-electron chi connectivity index (χ0n) is 29.8. The van der Waals surface area contributed by atoms with Crippen LogP contribution in [0.3, 0.4) is 0 Å². The topological polar surface area (TPSA) is 46.7 Å². The number of hydrogen-bond donors (Lipinski definition) is 0. The van der Waals surface area contributed by atoms with E-state index in [2.05, 4.69) is 146 Å². The van der Waals surface area contributed by atoms with Crippen molar-refractivity contribution in [3.8, 4) is 17.3 Å². The number of para-hydroxylation sites is 1. The van der Waals surface area contributed by atoms with Crippen molar-refractivity contribution in [2.24, 2.45) is 0 Å². The summed E-state index contributed by atoms with van der Waals surface area (Å²) in [6, 6.07) is 41.0. The normalized spacial score (nSPS) is 13.5. The molecule has 4 aromatic heterocycles. The number of hydrogen-bond acceptors (Lipinski definition) is 6. The molecule has 9 aromatic rings. The van der Waals surface area contributed by atoms with Gasteiger partial charge in [0, 0.05) is 66.4 Å². The minimum absolute atomic E-state index is 0.0226. The predicted octanol–water partition coefficient (Wildman–Crippen LogP) is 12.7. The van der Waals surface area contributed by atoms with Crippen molar-refractivity contribution in [1.82, 2.24) is 9.55 Å². The first-order chi connectivity index (χ1) is 25.2. The van der Waals surface area contributed by atoms with Crippen LogP contribution >= 0.6 is 11.3 Å². The molecular formula is C45H38N4O2S. The minimum atomic E-state index is -0.0226. The fourth-order valence-corrected chi connectivity index (χ4v) is 8.93. The lowest BCUT2D eigenvalue weighted by atomic mass is 9.88. The van der Waals surface area contributed by atoms with Crippen LogP contribution < -0.4 is 14.5 Å². The number of nitrogens with zero attached hydrogens (tertiary/aromatic N) is 4. The molecular weight excluding hydrogens is 661 g/mol. The van der Waals surface area contributed by atoms with Gasteiger partial charge in [-0.25, -0.2) is 4.98 Å². The molecule has 6 nitrogen and oxygen atoms in total. The Balaban J connectivity index is 1.12. The molecule has 0 aliphatic carbocycles. The Hall–Kier alpha value is -5.79. The third kappa shape index (κ3) is 4.72. The molecule has 0 radical (unpaired) electrons. The van der Waals surface area contributed by atoms with E-state index < -0.39 is 0 Å². The average molecular weight is 699 g/mol. The van der Waals surface area contributed by atoms with E-state index >= 15 is 0 Å². The summed E-state index contributed by atoms with van der Waals surface area (Å²) >= 11 is 1.84. The van der Waals surface area contributed by atoms with Gasteiger partial charge in [0.2, 0.25) is 5.88 Å². The summed E-state index contributed by atoms with van der Waals surface area (Å²) in [6.07, 6.45) is 1.94. The van der Waals surface area contributed by atoms with Crippen LogP contribution in [0.1, 0.15) is 40.2 Å². The van der Waals surface area contributed by atoms with E-state index in [1.807, 2.05) is 35.7 Å². The molecule has 1 aliphatic rings. The standard InChI is InChI=1S/C45H38N4O2S/c1-27(2)47-26-48(43-34-13-6-8-15-37(34)51-44(43)47)29-11-10-12-30(24-29)50-31-17-18-32-33-19-20-39-41(35-14-7-9-16-38(35)52-39)42(33)49(36(32)25-31)40-23-28(21-22-46-40)45(3,4)5/h6-25,27H,26H2,1-5H3. The summed E-state index contributed by atoms with van der Waals surface area (Å²) < 4.78 is 18.0. The molecule has 0 saturated carbocycles. The van der Waals surface area contributed by atoms with Crippen LogP contribution in [0.25, 0.3) is 58.8 Å². The van der Waals surface area contributed by atoms with E-state index in [9.17, 15) is 0 Å². The number of fused-ring (bicyclic) bond motifs is 10. The fourth-order valence-electron chi connectivity index (χ4n) is 7.82. The summed E-state index contributed by atoms with van der Waals surface area (Å²) in [4.78, 5) is 9.64. The van der Waals surface area contributed by atoms with E-state index in [0.717, 1.165) is 51.1 Å². The zero-order valence-corrected chi connectivity index (χ0v) is 30.7. The van der Waals surface area contributed by atoms with Gasteiger partial charge in [-0.3, -0.25) is 4.57 Å². The molecule has 0 N–H and O–H groups in total. The lowest BCUT2D eigenvalue weighted by Gasteiger charge is -2.25. The lowest BCUT2D eigenvalue weighted by Crippen LogP contribution is -2.33. The summed E-state index contributed by atoms with van der Waals surface area (Å²) in [6.45, 7) is 11.9. The highest BCUT2D eigenvalue weighted by Crippen LogP contribution is 2.49. The number of furan rings is 1. The maximum atomic E-state index is 6.73. The number of aromatic nitrogens is 2. The second kappa shape index (κ2) is 11.4.